The Hall–Kier alpha value is -3.79. The van der Waals surface area contributed by atoms with Crippen LogP contribution in [-0.2, 0) is 16.8 Å². The molecule has 0 amide bonds. The van der Waals surface area contributed by atoms with Gasteiger partial charge in [0, 0.05) is 34.8 Å². The van der Waals surface area contributed by atoms with Crippen LogP contribution in [0.15, 0.2) is 90.4 Å². The molecule has 170 valence electrons. The Morgan fingerprint density at radius 2 is 1.68 bits per heavy atom. The van der Waals surface area contributed by atoms with Gasteiger partial charge in [-0.25, -0.2) is 4.98 Å². The van der Waals surface area contributed by atoms with Gasteiger partial charge in [0.25, 0.3) is 0 Å². The molecule has 0 saturated heterocycles. The number of benzene rings is 2. The highest BCUT2D eigenvalue weighted by molar-refractivity contribution is 7.87. The highest BCUT2D eigenvalue weighted by atomic mass is 32.2. The molecule has 0 bridgehead atoms. The number of rotatable bonds is 7. The zero-order valence-corrected chi connectivity index (χ0v) is 19.5. The Labute approximate surface area is 201 Å². The van der Waals surface area contributed by atoms with E-state index in [0.29, 0.717) is 12.2 Å². The van der Waals surface area contributed by atoms with Crippen molar-refractivity contribution in [2.45, 2.75) is 6.54 Å². The summed E-state index contributed by atoms with van der Waals surface area (Å²) >= 11 is 1.59. The molecular weight excluding hydrogens is 468 g/mol. The molecule has 0 atom stereocenters. The molecule has 34 heavy (non-hydrogen) atoms. The highest BCUT2D eigenvalue weighted by Crippen LogP contribution is 2.39. The van der Waals surface area contributed by atoms with E-state index in [1.807, 2.05) is 47.2 Å². The monoisotopic (exact) mass is 488 g/mol. The van der Waals surface area contributed by atoms with Crippen molar-refractivity contribution < 1.29 is 13.0 Å². The summed E-state index contributed by atoms with van der Waals surface area (Å²) in [5.41, 5.74) is 5.97. The molecule has 3 aromatic heterocycles. The van der Waals surface area contributed by atoms with Crippen LogP contribution >= 0.6 is 11.3 Å². The molecule has 9 heteroatoms. The van der Waals surface area contributed by atoms with E-state index in [0.717, 1.165) is 44.0 Å². The summed E-state index contributed by atoms with van der Waals surface area (Å²) in [7, 11) is -4.30. The smallest absolute Gasteiger partial charge is 0.357 e. The van der Waals surface area contributed by atoms with Crippen LogP contribution in [0.25, 0.3) is 32.7 Å². The second kappa shape index (κ2) is 9.22. The number of fused-ring (bicyclic) bond motifs is 1. The molecule has 0 radical (unpaired) electrons. The van der Waals surface area contributed by atoms with Gasteiger partial charge in [0.05, 0.1) is 17.1 Å². The quantitative estimate of drug-likeness (QED) is 0.248. The van der Waals surface area contributed by atoms with E-state index in [1.54, 1.807) is 41.8 Å². The topological polar surface area (TPSA) is 104 Å². The minimum absolute atomic E-state index is 0.291. The van der Waals surface area contributed by atoms with Gasteiger partial charge < -0.3 is 5.32 Å². The fraction of sp³-hybridized carbons (Fsp3) is 0.0400. The second-order valence-electron chi connectivity index (χ2n) is 7.59. The molecule has 3 N–H and O–H groups in total. The molecule has 5 aromatic rings. The molecule has 3 heterocycles. The third-order valence-electron chi connectivity index (χ3n) is 5.24. The summed E-state index contributed by atoms with van der Waals surface area (Å²) in [4.78, 5) is 10.3. The van der Waals surface area contributed by atoms with Gasteiger partial charge >= 0.3 is 10.3 Å². The Morgan fingerprint density at radius 3 is 2.38 bits per heavy atom. The lowest BCUT2D eigenvalue weighted by molar-refractivity contribution is 0.489. The van der Waals surface area contributed by atoms with Crippen molar-refractivity contribution in [1.29, 1.82) is 0 Å². The van der Waals surface area contributed by atoms with Gasteiger partial charge in [-0.3, -0.25) is 14.3 Å². The lowest BCUT2D eigenvalue weighted by atomic mass is 10.0. The summed E-state index contributed by atoms with van der Waals surface area (Å²) < 4.78 is 33.0. The highest BCUT2D eigenvalue weighted by Gasteiger charge is 2.15. The van der Waals surface area contributed by atoms with E-state index in [4.69, 9.17) is 9.54 Å². The summed E-state index contributed by atoms with van der Waals surface area (Å²) in [6.45, 7) is 0.511. The summed E-state index contributed by atoms with van der Waals surface area (Å²) in [6.07, 6.45) is 1.75. The zero-order chi connectivity index (χ0) is 23.5. The predicted octanol–water partition coefficient (Wildman–Crippen LogP) is 5.85. The Bertz CT molecular complexity index is 1540. The number of nitrogens with zero attached hydrogens (tertiary/aromatic N) is 2. The number of hydrogen-bond donors (Lipinski definition) is 3. The number of thiophene rings is 1. The minimum Gasteiger partial charge on any atom is -0.380 e. The lowest BCUT2D eigenvalue weighted by Crippen LogP contribution is -2.10. The number of hydrogen-bond acceptors (Lipinski definition) is 6. The molecular formula is C25H20N4O3S2. The number of pyridine rings is 2. The third kappa shape index (κ3) is 4.91. The molecule has 0 aliphatic carbocycles. The zero-order valence-electron chi connectivity index (χ0n) is 17.8. The molecule has 0 aliphatic rings. The largest absolute Gasteiger partial charge is 0.380 e. The van der Waals surface area contributed by atoms with Crippen molar-refractivity contribution in [2.75, 3.05) is 10.0 Å². The first-order chi connectivity index (χ1) is 16.5. The number of anilines is 2. The first kappa shape index (κ1) is 22.0. The maximum atomic E-state index is 11.0. The van der Waals surface area contributed by atoms with Crippen molar-refractivity contribution in [3.8, 4) is 22.5 Å². The van der Waals surface area contributed by atoms with Crippen molar-refractivity contribution in [2.24, 2.45) is 0 Å². The van der Waals surface area contributed by atoms with Gasteiger partial charge in [-0.2, -0.15) is 8.42 Å². The average Bonchev–Trinajstić information content (AvgIpc) is 3.28. The van der Waals surface area contributed by atoms with Crippen LogP contribution in [0.2, 0.25) is 0 Å². The van der Waals surface area contributed by atoms with Crippen LogP contribution in [0, 0.1) is 0 Å². The summed E-state index contributed by atoms with van der Waals surface area (Å²) in [6, 6.07) is 24.8. The minimum atomic E-state index is -4.30. The summed E-state index contributed by atoms with van der Waals surface area (Å²) in [5.74, 6) is 0. The van der Waals surface area contributed by atoms with Gasteiger partial charge in [-0.1, -0.05) is 48.5 Å². The van der Waals surface area contributed by atoms with Crippen molar-refractivity contribution in [3.63, 3.8) is 0 Å². The molecule has 5 rings (SSSR count). The molecule has 0 unspecified atom stereocenters. The molecule has 7 nitrogen and oxygen atoms in total. The van der Waals surface area contributed by atoms with Crippen LogP contribution in [0.3, 0.4) is 0 Å². The molecule has 0 aliphatic heterocycles. The Kier molecular flexibility index (Phi) is 5.97. The van der Waals surface area contributed by atoms with E-state index in [9.17, 15) is 8.42 Å². The number of aromatic nitrogens is 2. The van der Waals surface area contributed by atoms with Crippen molar-refractivity contribution in [3.05, 3.63) is 96.0 Å². The fourth-order valence-electron chi connectivity index (χ4n) is 3.69. The Balaban J connectivity index is 1.52. The maximum absolute atomic E-state index is 11.0. The fourth-order valence-corrected chi connectivity index (χ4v) is 5.10. The first-order valence-corrected chi connectivity index (χ1v) is 12.8. The van der Waals surface area contributed by atoms with Gasteiger partial charge in [-0.05, 0) is 41.5 Å². The van der Waals surface area contributed by atoms with Crippen molar-refractivity contribution in [1.82, 2.24) is 9.97 Å². The van der Waals surface area contributed by atoms with E-state index in [1.165, 1.54) is 0 Å². The van der Waals surface area contributed by atoms with E-state index in [-0.39, 0.29) is 0 Å². The van der Waals surface area contributed by atoms with Crippen LogP contribution in [0.5, 0.6) is 0 Å². The molecule has 0 spiro atoms. The third-order valence-corrected chi connectivity index (χ3v) is 6.61. The SMILES string of the molecule is O=S(=O)(O)Nc1ccc(CNc2cc(-c3ccccn3)nc3scc(-c4ccccc4)c23)cc1. The van der Waals surface area contributed by atoms with Crippen molar-refractivity contribution >= 4 is 43.2 Å². The standard InChI is InChI=1S/C25H20N4O3S2/c30-34(31,32)29-19-11-9-17(10-12-19)15-27-23-14-22(21-8-4-5-13-26-21)28-25-24(23)20(16-33-25)18-6-2-1-3-7-18/h1-14,16,29H,15H2,(H,27,28)(H,30,31,32). The second-order valence-corrected chi connectivity index (χ2v) is 9.61. The molecule has 0 saturated carbocycles. The van der Waals surface area contributed by atoms with E-state index in [2.05, 4.69) is 27.8 Å². The summed E-state index contributed by atoms with van der Waals surface area (Å²) in [5, 5.41) is 6.69. The van der Waals surface area contributed by atoms with Crippen LogP contribution in [0.4, 0.5) is 11.4 Å². The van der Waals surface area contributed by atoms with Gasteiger partial charge in [0.2, 0.25) is 0 Å². The lowest BCUT2D eigenvalue weighted by Gasteiger charge is -2.12. The maximum Gasteiger partial charge on any atom is 0.357 e. The van der Waals surface area contributed by atoms with Gasteiger partial charge in [0.1, 0.15) is 4.83 Å². The molecule has 0 fully saturated rings. The first-order valence-electron chi connectivity index (χ1n) is 10.4. The normalized spacial score (nSPS) is 11.4. The Morgan fingerprint density at radius 1 is 0.912 bits per heavy atom. The van der Waals surface area contributed by atoms with E-state index < -0.39 is 10.3 Å². The number of nitrogens with one attached hydrogen (secondary N) is 2. The van der Waals surface area contributed by atoms with Gasteiger partial charge in [-0.15, -0.1) is 11.3 Å². The predicted molar refractivity (Wildman–Crippen MR) is 137 cm³/mol. The molecule has 2 aromatic carbocycles. The average molecular weight is 489 g/mol. The van der Waals surface area contributed by atoms with Crippen LogP contribution < -0.4 is 10.0 Å². The van der Waals surface area contributed by atoms with E-state index >= 15 is 0 Å². The van der Waals surface area contributed by atoms with Crippen LogP contribution in [-0.4, -0.2) is 22.9 Å². The van der Waals surface area contributed by atoms with Crippen LogP contribution in [0.1, 0.15) is 5.56 Å². The van der Waals surface area contributed by atoms with Gasteiger partial charge in [0.15, 0.2) is 0 Å².